The summed E-state index contributed by atoms with van der Waals surface area (Å²) in [6, 6.07) is 16.2. The lowest BCUT2D eigenvalue weighted by atomic mass is 10.0. The topological polar surface area (TPSA) is 69.6 Å². The van der Waals surface area contributed by atoms with Crippen molar-refractivity contribution < 1.29 is 9.90 Å². The van der Waals surface area contributed by atoms with Gasteiger partial charge in [-0.05, 0) is 38.0 Å². The molecule has 1 N–H and O–H groups in total. The average Bonchev–Trinajstić information content (AvgIpc) is 2.78. The molecule has 6 heteroatoms. The molecule has 1 amide bonds. The fourth-order valence-corrected chi connectivity index (χ4v) is 3.79. The van der Waals surface area contributed by atoms with Crippen molar-refractivity contribution in [3.05, 3.63) is 54.1 Å². The van der Waals surface area contributed by atoms with E-state index < -0.39 is 5.60 Å². The monoisotopic (exact) mass is 404 g/mol. The first kappa shape index (κ1) is 20.3. The molecule has 1 unspecified atom stereocenters. The molecule has 0 radical (unpaired) electrons. The Morgan fingerprint density at radius 2 is 1.77 bits per heavy atom. The van der Waals surface area contributed by atoms with E-state index in [4.69, 9.17) is 9.97 Å². The summed E-state index contributed by atoms with van der Waals surface area (Å²) >= 11 is 0. The number of benzene rings is 2. The zero-order valence-corrected chi connectivity index (χ0v) is 17.8. The first-order valence-corrected chi connectivity index (χ1v) is 10.5. The van der Waals surface area contributed by atoms with Gasteiger partial charge < -0.3 is 14.9 Å². The number of fused-ring (bicyclic) bond motifs is 1. The molecule has 156 valence electrons. The Bertz CT molecular complexity index is 1060. The Morgan fingerprint density at radius 3 is 2.43 bits per heavy atom. The highest BCUT2D eigenvalue weighted by Crippen LogP contribution is 2.29. The average molecular weight is 405 g/mol. The second-order valence-electron chi connectivity index (χ2n) is 8.16. The first-order valence-electron chi connectivity index (χ1n) is 10.5. The van der Waals surface area contributed by atoms with Crippen LogP contribution in [0, 0.1) is 6.92 Å². The van der Waals surface area contributed by atoms with Crippen molar-refractivity contribution in [2.75, 3.05) is 31.1 Å². The number of carbonyl (C=O) groups excluding carboxylic acids is 1. The molecule has 0 bridgehead atoms. The number of aromatic nitrogens is 2. The zero-order valence-electron chi connectivity index (χ0n) is 17.8. The fourth-order valence-electron chi connectivity index (χ4n) is 3.79. The quantitative estimate of drug-likeness (QED) is 0.722. The van der Waals surface area contributed by atoms with Crippen LogP contribution in [0.3, 0.4) is 0 Å². The Balaban J connectivity index is 1.67. The van der Waals surface area contributed by atoms with Crippen LogP contribution in [0.1, 0.15) is 25.8 Å². The summed E-state index contributed by atoms with van der Waals surface area (Å²) in [5, 5.41) is 11.3. The molecule has 1 aromatic heterocycles. The number of amides is 1. The van der Waals surface area contributed by atoms with Crippen molar-refractivity contribution in [2.45, 2.75) is 32.8 Å². The maximum Gasteiger partial charge on any atom is 0.254 e. The molecule has 4 rings (SSSR count). The molecule has 30 heavy (non-hydrogen) atoms. The molecule has 0 aliphatic carbocycles. The van der Waals surface area contributed by atoms with Gasteiger partial charge in [-0.2, -0.15) is 0 Å². The number of aryl methyl sites for hydroxylation is 1. The van der Waals surface area contributed by atoms with Crippen LogP contribution in [0.25, 0.3) is 22.3 Å². The number of nitrogens with zero attached hydrogens (tertiary/aromatic N) is 4. The van der Waals surface area contributed by atoms with Gasteiger partial charge in [-0.15, -0.1) is 0 Å². The number of anilines is 1. The molecule has 1 fully saturated rings. The standard InChI is InChI=1S/C24H28N4O2/c1-4-24(3,30)23(29)28-14-12-27(13-15-28)22-19-11-10-17(2)16-20(19)25-21(26-22)18-8-6-5-7-9-18/h5-11,16,30H,4,12-15H2,1-3H3. The largest absolute Gasteiger partial charge is 0.380 e. The van der Waals surface area contributed by atoms with E-state index in [-0.39, 0.29) is 5.91 Å². The lowest BCUT2D eigenvalue weighted by Crippen LogP contribution is -2.55. The van der Waals surface area contributed by atoms with Gasteiger partial charge in [-0.3, -0.25) is 4.79 Å². The molecule has 1 atom stereocenters. The summed E-state index contributed by atoms with van der Waals surface area (Å²) in [5.74, 6) is 1.40. The van der Waals surface area contributed by atoms with Crippen LogP contribution in [0.4, 0.5) is 5.82 Å². The third-order valence-electron chi connectivity index (χ3n) is 5.88. The van der Waals surface area contributed by atoms with E-state index in [0.29, 0.717) is 38.4 Å². The molecule has 0 saturated carbocycles. The van der Waals surface area contributed by atoms with Gasteiger partial charge in [-0.25, -0.2) is 9.97 Å². The summed E-state index contributed by atoms with van der Waals surface area (Å²) in [6.45, 7) is 7.94. The second-order valence-corrected chi connectivity index (χ2v) is 8.16. The molecular weight excluding hydrogens is 376 g/mol. The van der Waals surface area contributed by atoms with E-state index in [0.717, 1.165) is 27.8 Å². The van der Waals surface area contributed by atoms with E-state index in [1.165, 1.54) is 0 Å². The minimum Gasteiger partial charge on any atom is -0.380 e. The van der Waals surface area contributed by atoms with Crippen LogP contribution in [-0.2, 0) is 4.79 Å². The minimum absolute atomic E-state index is 0.196. The Morgan fingerprint density at radius 1 is 1.07 bits per heavy atom. The van der Waals surface area contributed by atoms with Crippen molar-refractivity contribution in [1.29, 1.82) is 0 Å². The van der Waals surface area contributed by atoms with Crippen molar-refractivity contribution in [3.8, 4) is 11.4 Å². The first-order chi connectivity index (χ1) is 14.4. The molecular formula is C24H28N4O2. The van der Waals surface area contributed by atoms with Gasteiger partial charge in [0.1, 0.15) is 11.4 Å². The maximum absolute atomic E-state index is 12.6. The van der Waals surface area contributed by atoms with E-state index in [9.17, 15) is 9.90 Å². The number of piperazine rings is 1. The molecule has 1 aliphatic rings. The fraction of sp³-hybridized carbons (Fsp3) is 0.375. The molecule has 3 aromatic rings. The lowest BCUT2D eigenvalue weighted by Gasteiger charge is -2.38. The molecule has 2 aromatic carbocycles. The Labute approximate surface area is 177 Å². The van der Waals surface area contributed by atoms with Gasteiger partial charge in [0.15, 0.2) is 5.82 Å². The van der Waals surface area contributed by atoms with E-state index in [1.54, 1.807) is 11.8 Å². The van der Waals surface area contributed by atoms with E-state index in [2.05, 4.69) is 30.0 Å². The van der Waals surface area contributed by atoms with Gasteiger partial charge in [0.25, 0.3) is 5.91 Å². The summed E-state index contributed by atoms with van der Waals surface area (Å²) in [5.41, 5.74) is 1.76. The predicted molar refractivity (Wildman–Crippen MR) is 119 cm³/mol. The van der Waals surface area contributed by atoms with Crippen LogP contribution >= 0.6 is 0 Å². The zero-order chi connectivity index (χ0) is 21.3. The van der Waals surface area contributed by atoms with Crippen molar-refractivity contribution in [3.63, 3.8) is 0 Å². The highest BCUT2D eigenvalue weighted by Gasteiger charge is 2.34. The SMILES string of the molecule is CCC(C)(O)C(=O)N1CCN(c2nc(-c3ccccc3)nc3cc(C)ccc23)CC1. The third-order valence-corrected chi connectivity index (χ3v) is 5.88. The molecule has 0 spiro atoms. The van der Waals surface area contributed by atoms with Crippen molar-refractivity contribution in [1.82, 2.24) is 14.9 Å². The highest BCUT2D eigenvalue weighted by molar-refractivity contribution is 5.92. The summed E-state index contributed by atoms with van der Waals surface area (Å²) in [6.07, 6.45) is 0.405. The van der Waals surface area contributed by atoms with Gasteiger partial charge in [0.2, 0.25) is 0 Å². The lowest BCUT2D eigenvalue weighted by molar-refractivity contribution is -0.150. The molecule has 2 heterocycles. The van der Waals surface area contributed by atoms with Crippen LogP contribution < -0.4 is 4.90 Å². The number of hydrogen-bond donors (Lipinski definition) is 1. The number of rotatable bonds is 4. The Hall–Kier alpha value is -2.99. The predicted octanol–water partition coefficient (Wildman–Crippen LogP) is 3.41. The maximum atomic E-state index is 12.6. The highest BCUT2D eigenvalue weighted by atomic mass is 16.3. The van der Waals surface area contributed by atoms with Crippen LogP contribution in [-0.4, -0.2) is 57.7 Å². The molecule has 1 saturated heterocycles. The summed E-state index contributed by atoms with van der Waals surface area (Å²) in [7, 11) is 0. The second kappa shape index (κ2) is 8.03. The molecule has 6 nitrogen and oxygen atoms in total. The summed E-state index contributed by atoms with van der Waals surface area (Å²) in [4.78, 5) is 26.3. The third kappa shape index (κ3) is 3.87. The normalized spacial score (nSPS) is 16.5. The molecule has 1 aliphatic heterocycles. The number of hydrogen-bond acceptors (Lipinski definition) is 5. The number of aliphatic hydroxyl groups is 1. The van der Waals surface area contributed by atoms with Gasteiger partial charge >= 0.3 is 0 Å². The van der Waals surface area contributed by atoms with Gasteiger partial charge in [0, 0.05) is 37.1 Å². The Kier molecular flexibility index (Phi) is 5.43. The van der Waals surface area contributed by atoms with Gasteiger partial charge in [0.05, 0.1) is 5.52 Å². The van der Waals surface area contributed by atoms with E-state index in [1.807, 2.05) is 37.3 Å². The van der Waals surface area contributed by atoms with Crippen LogP contribution in [0.15, 0.2) is 48.5 Å². The summed E-state index contributed by atoms with van der Waals surface area (Å²) < 4.78 is 0. The minimum atomic E-state index is -1.30. The van der Waals surface area contributed by atoms with Crippen LogP contribution in [0.5, 0.6) is 0 Å². The van der Waals surface area contributed by atoms with E-state index >= 15 is 0 Å². The van der Waals surface area contributed by atoms with Crippen molar-refractivity contribution >= 4 is 22.6 Å². The van der Waals surface area contributed by atoms with Crippen LogP contribution in [0.2, 0.25) is 0 Å². The van der Waals surface area contributed by atoms with Crippen molar-refractivity contribution in [2.24, 2.45) is 0 Å². The van der Waals surface area contributed by atoms with Gasteiger partial charge in [-0.1, -0.05) is 43.3 Å². The number of carbonyl (C=O) groups is 1. The smallest absolute Gasteiger partial charge is 0.254 e.